The van der Waals surface area contributed by atoms with Crippen molar-refractivity contribution in [3.63, 3.8) is 0 Å². The summed E-state index contributed by atoms with van der Waals surface area (Å²) in [7, 11) is 0. The van der Waals surface area contributed by atoms with Crippen LogP contribution in [-0.4, -0.2) is 55.9 Å². The monoisotopic (exact) mass is 200 g/mol. The summed E-state index contributed by atoms with van der Waals surface area (Å²) in [6, 6.07) is 0.128. The number of nitrogens with two attached hydrogens (primary N) is 1. The summed E-state index contributed by atoms with van der Waals surface area (Å²) < 4.78 is 10.5. The second-order valence-electron chi connectivity index (χ2n) is 3.77. The molecule has 2 aliphatic rings. The van der Waals surface area contributed by atoms with Gasteiger partial charge in [-0.2, -0.15) is 0 Å². The van der Waals surface area contributed by atoms with Gasteiger partial charge in [0.05, 0.1) is 19.8 Å². The summed E-state index contributed by atoms with van der Waals surface area (Å²) in [5.41, 5.74) is 5.73. The van der Waals surface area contributed by atoms with Gasteiger partial charge in [-0.25, -0.2) is 0 Å². The molecule has 0 aromatic heterocycles. The number of rotatable bonds is 1. The van der Waals surface area contributed by atoms with Crippen molar-refractivity contribution in [2.45, 2.75) is 18.6 Å². The number of hydrogen-bond acceptors (Lipinski definition) is 4. The third-order valence-corrected chi connectivity index (χ3v) is 2.63. The van der Waals surface area contributed by atoms with Gasteiger partial charge in [0.1, 0.15) is 0 Å². The summed E-state index contributed by atoms with van der Waals surface area (Å²) in [4.78, 5) is 13.6. The lowest BCUT2D eigenvalue weighted by atomic mass is 10.3. The second-order valence-corrected chi connectivity index (χ2v) is 3.77. The fourth-order valence-corrected chi connectivity index (χ4v) is 1.82. The van der Waals surface area contributed by atoms with Gasteiger partial charge in [-0.15, -0.1) is 0 Å². The topological polar surface area (TPSA) is 64.8 Å². The highest BCUT2D eigenvalue weighted by Gasteiger charge is 2.31. The van der Waals surface area contributed by atoms with Crippen LogP contribution in [0.3, 0.4) is 0 Å². The van der Waals surface area contributed by atoms with E-state index < -0.39 is 6.10 Å². The number of carbonyl (C=O) groups excluding carboxylic acids is 1. The SMILES string of the molecule is NC1CCN(C(=O)C2COCCO2)C1. The Morgan fingerprint density at radius 1 is 1.43 bits per heavy atom. The number of amides is 1. The van der Waals surface area contributed by atoms with E-state index in [1.807, 2.05) is 0 Å². The summed E-state index contributed by atoms with van der Waals surface area (Å²) in [5.74, 6) is 0.0256. The maximum Gasteiger partial charge on any atom is 0.254 e. The van der Waals surface area contributed by atoms with Crippen LogP contribution >= 0.6 is 0 Å². The fourth-order valence-electron chi connectivity index (χ4n) is 1.82. The van der Waals surface area contributed by atoms with Gasteiger partial charge in [0.25, 0.3) is 5.91 Å². The van der Waals surface area contributed by atoms with Gasteiger partial charge in [0.15, 0.2) is 6.10 Å². The first kappa shape index (κ1) is 9.89. The predicted octanol–water partition coefficient (Wildman–Crippen LogP) is -1.04. The van der Waals surface area contributed by atoms with Crippen molar-refractivity contribution < 1.29 is 14.3 Å². The van der Waals surface area contributed by atoms with Gasteiger partial charge >= 0.3 is 0 Å². The lowest BCUT2D eigenvalue weighted by molar-refractivity contribution is -0.156. The van der Waals surface area contributed by atoms with Crippen molar-refractivity contribution in [3.8, 4) is 0 Å². The first-order chi connectivity index (χ1) is 6.77. The highest BCUT2D eigenvalue weighted by atomic mass is 16.6. The van der Waals surface area contributed by atoms with Crippen LogP contribution in [0.5, 0.6) is 0 Å². The highest BCUT2D eigenvalue weighted by Crippen LogP contribution is 2.11. The lowest BCUT2D eigenvalue weighted by Gasteiger charge is -2.26. The highest BCUT2D eigenvalue weighted by molar-refractivity contribution is 5.81. The molecule has 5 heteroatoms. The van der Waals surface area contributed by atoms with Crippen LogP contribution in [0, 0.1) is 0 Å². The van der Waals surface area contributed by atoms with E-state index in [9.17, 15) is 4.79 Å². The van der Waals surface area contributed by atoms with Crippen molar-refractivity contribution in [3.05, 3.63) is 0 Å². The van der Waals surface area contributed by atoms with E-state index in [1.54, 1.807) is 4.90 Å². The zero-order valence-electron chi connectivity index (χ0n) is 8.15. The molecule has 2 atom stereocenters. The van der Waals surface area contributed by atoms with Crippen LogP contribution in [0.15, 0.2) is 0 Å². The zero-order chi connectivity index (χ0) is 9.97. The van der Waals surface area contributed by atoms with Crippen molar-refractivity contribution in [2.75, 3.05) is 32.9 Å². The molecular weight excluding hydrogens is 184 g/mol. The molecule has 2 saturated heterocycles. The summed E-state index contributed by atoms with van der Waals surface area (Å²) in [6.07, 6.45) is 0.480. The van der Waals surface area contributed by atoms with Gasteiger partial charge < -0.3 is 20.1 Å². The summed E-state index contributed by atoms with van der Waals surface area (Å²) >= 11 is 0. The molecule has 14 heavy (non-hydrogen) atoms. The van der Waals surface area contributed by atoms with E-state index in [2.05, 4.69) is 0 Å². The van der Waals surface area contributed by atoms with E-state index in [0.29, 0.717) is 26.4 Å². The third-order valence-electron chi connectivity index (χ3n) is 2.63. The minimum absolute atomic E-state index is 0.0256. The average molecular weight is 200 g/mol. The number of hydrogen-bond donors (Lipinski definition) is 1. The predicted molar refractivity (Wildman–Crippen MR) is 49.7 cm³/mol. The van der Waals surface area contributed by atoms with E-state index in [1.165, 1.54) is 0 Å². The Kier molecular flexibility index (Phi) is 3.00. The van der Waals surface area contributed by atoms with Crippen molar-refractivity contribution in [2.24, 2.45) is 5.73 Å². The first-order valence-electron chi connectivity index (χ1n) is 5.01. The van der Waals surface area contributed by atoms with Crippen molar-refractivity contribution in [1.29, 1.82) is 0 Å². The van der Waals surface area contributed by atoms with Gasteiger partial charge in [0.2, 0.25) is 0 Å². The van der Waals surface area contributed by atoms with E-state index in [-0.39, 0.29) is 11.9 Å². The fraction of sp³-hybridized carbons (Fsp3) is 0.889. The molecular formula is C9H16N2O3. The molecule has 2 rings (SSSR count). The Balaban J connectivity index is 1.87. The number of nitrogens with zero attached hydrogens (tertiary/aromatic N) is 1. The molecule has 0 radical (unpaired) electrons. The molecule has 0 saturated carbocycles. The molecule has 2 fully saturated rings. The largest absolute Gasteiger partial charge is 0.376 e. The van der Waals surface area contributed by atoms with Gasteiger partial charge in [-0.3, -0.25) is 4.79 Å². The average Bonchev–Trinajstić information content (AvgIpc) is 2.65. The zero-order valence-corrected chi connectivity index (χ0v) is 8.15. The van der Waals surface area contributed by atoms with Crippen molar-refractivity contribution in [1.82, 2.24) is 4.90 Å². The Hall–Kier alpha value is -0.650. The standard InChI is InChI=1S/C9H16N2O3/c10-7-1-2-11(5-7)9(12)8-6-13-3-4-14-8/h7-8H,1-6,10H2. The normalized spacial score (nSPS) is 33.4. The molecule has 0 spiro atoms. The third kappa shape index (κ3) is 2.05. The molecule has 80 valence electrons. The number of likely N-dealkylation sites (tertiary alicyclic amines) is 1. The van der Waals surface area contributed by atoms with Gasteiger partial charge in [-0.05, 0) is 6.42 Å². The quantitative estimate of drug-likeness (QED) is 0.587. The van der Waals surface area contributed by atoms with E-state index >= 15 is 0 Å². The molecule has 0 bridgehead atoms. The molecule has 1 amide bonds. The summed E-state index contributed by atoms with van der Waals surface area (Å²) in [5, 5.41) is 0. The van der Waals surface area contributed by atoms with Gasteiger partial charge in [0, 0.05) is 19.1 Å². The minimum Gasteiger partial charge on any atom is -0.376 e. The molecule has 0 aromatic carbocycles. The maximum absolute atomic E-state index is 11.8. The van der Waals surface area contributed by atoms with Crippen LogP contribution < -0.4 is 5.73 Å². The molecule has 5 nitrogen and oxygen atoms in total. The Morgan fingerprint density at radius 2 is 2.29 bits per heavy atom. The van der Waals surface area contributed by atoms with Crippen LogP contribution in [0.25, 0.3) is 0 Å². The van der Waals surface area contributed by atoms with E-state index in [4.69, 9.17) is 15.2 Å². The van der Waals surface area contributed by atoms with Crippen molar-refractivity contribution >= 4 is 5.91 Å². The summed E-state index contributed by atoms with van der Waals surface area (Å²) in [6.45, 7) is 2.88. The smallest absolute Gasteiger partial charge is 0.254 e. The number of carbonyl (C=O) groups is 1. The van der Waals surface area contributed by atoms with Crippen LogP contribution in [-0.2, 0) is 14.3 Å². The second kappa shape index (κ2) is 4.25. The molecule has 2 aliphatic heterocycles. The Morgan fingerprint density at radius 3 is 2.86 bits per heavy atom. The van der Waals surface area contributed by atoms with Crippen LogP contribution in [0.4, 0.5) is 0 Å². The molecule has 0 aliphatic carbocycles. The Labute approximate surface area is 83.1 Å². The maximum atomic E-state index is 11.8. The molecule has 2 unspecified atom stereocenters. The molecule has 2 heterocycles. The molecule has 0 aromatic rings. The van der Waals surface area contributed by atoms with Crippen LogP contribution in [0.2, 0.25) is 0 Å². The molecule has 2 N–H and O–H groups in total. The van der Waals surface area contributed by atoms with E-state index in [0.717, 1.165) is 13.0 Å². The Bertz CT molecular complexity index is 209. The first-order valence-corrected chi connectivity index (χ1v) is 5.01. The lowest BCUT2D eigenvalue weighted by Crippen LogP contribution is -2.45. The minimum atomic E-state index is -0.408. The van der Waals surface area contributed by atoms with Gasteiger partial charge in [-0.1, -0.05) is 0 Å². The van der Waals surface area contributed by atoms with Crippen LogP contribution in [0.1, 0.15) is 6.42 Å². The number of ether oxygens (including phenoxy) is 2.